The van der Waals surface area contributed by atoms with Crippen LogP contribution in [0.2, 0.25) is 0 Å². The number of benzene rings is 1. The Hall–Kier alpha value is -2.48. The molecule has 0 aromatic heterocycles. The first-order valence-electron chi connectivity index (χ1n) is 8.43. The molecular weight excluding hydrogens is 341 g/mol. The van der Waals surface area contributed by atoms with Crippen LogP contribution in [0.4, 0.5) is 4.39 Å². The molecule has 0 spiro atoms. The summed E-state index contributed by atoms with van der Waals surface area (Å²) < 4.78 is 17.7. The quantitative estimate of drug-likeness (QED) is 0.751. The fourth-order valence-corrected chi connectivity index (χ4v) is 2.88. The number of carbonyl (C=O) groups is 3. The van der Waals surface area contributed by atoms with Gasteiger partial charge in [-0.25, -0.2) is 4.39 Å². The van der Waals surface area contributed by atoms with Crippen LogP contribution < -0.4 is 5.32 Å². The lowest BCUT2D eigenvalue weighted by molar-refractivity contribution is -0.147. The molecule has 1 fully saturated rings. The third kappa shape index (κ3) is 4.78. The second-order valence-corrected chi connectivity index (χ2v) is 6.29. The largest absolute Gasteiger partial charge is 0.469 e. The maximum atomic E-state index is 13.1. The summed E-state index contributed by atoms with van der Waals surface area (Å²) in [5.41, 5.74) is 0.810. The lowest BCUT2D eigenvalue weighted by atomic mass is 10.1. The summed E-state index contributed by atoms with van der Waals surface area (Å²) in [5, 5.41) is 2.70. The van der Waals surface area contributed by atoms with E-state index in [0.29, 0.717) is 13.1 Å². The van der Waals surface area contributed by atoms with Gasteiger partial charge in [-0.15, -0.1) is 0 Å². The first-order chi connectivity index (χ1) is 12.3. The van der Waals surface area contributed by atoms with Crippen LogP contribution in [0.1, 0.15) is 24.9 Å². The van der Waals surface area contributed by atoms with Crippen LogP contribution in [0.15, 0.2) is 24.3 Å². The summed E-state index contributed by atoms with van der Waals surface area (Å²) in [5.74, 6) is -1.31. The highest BCUT2D eigenvalue weighted by molar-refractivity contribution is 5.88. The number of halogens is 1. The van der Waals surface area contributed by atoms with Gasteiger partial charge in [-0.1, -0.05) is 12.1 Å². The van der Waals surface area contributed by atoms with Crippen LogP contribution in [-0.2, 0) is 19.1 Å². The zero-order chi connectivity index (χ0) is 19.3. The summed E-state index contributed by atoms with van der Waals surface area (Å²) >= 11 is 0. The van der Waals surface area contributed by atoms with Crippen LogP contribution >= 0.6 is 0 Å². The maximum Gasteiger partial charge on any atom is 0.307 e. The molecule has 0 saturated carbocycles. The number of nitrogens with zero attached hydrogens (tertiary/aromatic N) is 2. The fraction of sp³-hybridized carbons (Fsp3) is 0.500. The molecule has 1 saturated heterocycles. The first kappa shape index (κ1) is 19.8. The minimum absolute atomic E-state index is 0.0110. The van der Waals surface area contributed by atoms with Crippen molar-refractivity contribution in [3.63, 3.8) is 0 Å². The van der Waals surface area contributed by atoms with E-state index in [-0.39, 0.29) is 36.6 Å². The van der Waals surface area contributed by atoms with Crippen LogP contribution in [0.3, 0.4) is 0 Å². The van der Waals surface area contributed by atoms with E-state index < -0.39 is 12.0 Å². The number of esters is 1. The van der Waals surface area contributed by atoms with Gasteiger partial charge in [-0.05, 0) is 24.6 Å². The number of nitrogens with one attached hydrogen (secondary N) is 1. The molecule has 0 unspecified atom stereocenters. The molecule has 26 heavy (non-hydrogen) atoms. The molecular formula is C18H24FN3O4. The van der Waals surface area contributed by atoms with Crippen molar-refractivity contribution in [3.05, 3.63) is 35.6 Å². The minimum Gasteiger partial charge on any atom is -0.469 e. The number of hydrogen-bond acceptors (Lipinski definition) is 5. The molecule has 142 valence electrons. The Morgan fingerprint density at radius 2 is 2.04 bits per heavy atom. The Morgan fingerprint density at radius 3 is 2.65 bits per heavy atom. The molecule has 0 bridgehead atoms. The number of likely N-dealkylation sites (N-methyl/N-ethyl adjacent to an activating group) is 1. The minimum atomic E-state index is -0.727. The van der Waals surface area contributed by atoms with Crippen LogP contribution in [0, 0.1) is 5.82 Å². The highest BCUT2D eigenvalue weighted by Crippen LogP contribution is 2.20. The lowest BCUT2D eigenvalue weighted by Crippen LogP contribution is -2.58. The van der Waals surface area contributed by atoms with Gasteiger partial charge in [-0.3, -0.25) is 19.3 Å². The average molecular weight is 365 g/mol. The van der Waals surface area contributed by atoms with E-state index in [1.807, 2.05) is 6.92 Å². The Kier molecular flexibility index (Phi) is 6.68. The molecule has 1 aromatic rings. The van der Waals surface area contributed by atoms with Crippen LogP contribution in [0.5, 0.6) is 0 Å². The van der Waals surface area contributed by atoms with Gasteiger partial charge in [0.05, 0.1) is 26.1 Å². The van der Waals surface area contributed by atoms with Gasteiger partial charge in [0.2, 0.25) is 11.8 Å². The molecule has 1 aliphatic rings. The summed E-state index contributed by atoms with van der Waals surface area (Å²) in [7, 11) is 2.92. The number of amides is 2. The van der Waals surface area contributed by atoms with Crippen molar-refractivity contribution in [2.24, 2.45) is 0 Å². The van der Waals surface area contributed by atoms with E-state index in [9.17, 15) is 18.8 Å². The van der Waals surface area contributed by atoms with Crippen molar-refractivity contribution in [1.29, 1.82) is 0 Å². The molecule has 1 aromatic carbocycles. The normalized spacial score (nSPS) is 18.8. The SMILES string of the molecule is COC(=O)C[C@@H]1C(=O)NCCN1CC(=O)N(C)[C@@H](C)c1ccc(F)cc1. The van der Waals surface area contributed by atoms with E-state index in [1.165, 1.54) is 19.2 Å². The molecule has 2 amide bonds. The molecule has 2 rings (SSSR count). The molecule has 1 N–H and O–H groups in total. The zero-order valence-electron chi connectivity index (χ0n) is 15.2. The van der Waals surface area contributed by atoms with Gasteiger partial charge < -0.3 is 15.0 Å². The number of carbonyl (C=O) groups excluding carboxylic acids is 3. The summed E-state index contributed by atoms with van der Waals surface area (Å²) in [6, 6.07) is 5.00. The Morgan fingerprint density at radius 1 is 1.38 bits per heavy atom. The van der Waals surface area contributed by atoms with Gasteiger partial charge >= 0.3 is 5.97 Å². The van der Waals surface area contributed by atoms with Crippen molar-refractivity contribution in [1.82, 2.24) is 15.1 Å². The standard InChI is InChI=1S/C18H24FN3O4/c1-12(13-4-6-14(19)7-5-13)21(2)16(23)11-22-9-8-20-18(25)15(22)10-17(24)26-3/h4-7,12,15H,8-11H2,1-3H3,(H,20,25)/t12-,15+/m0/s1. The van der Waals surface area contributed by atoms with Gasteiger partial charge in [0.25, 0.3) is 0 Å². The summed E-state index contributed by atoms with van der Waals surface area (Å²) in [4.78, 5) is 39.5. The fourth-order valence-electron chi connectivity index (χ4n) is 2.88. The molecule has 0 aliphatic carbocycles. The molecule has 2 atom stereocenters. The molecule has 8 heteroatoms. The van der Waals surface area contributed by atoms with E-state index in [1.54, 1.807) is 29.0 Å². The second-order valence-electron chi connectivity index (χ2n) is 6.29. The van der Waals surface area contributed by atoms with Gasteiger partial charge in [-0.2, -0.15) is 0 Å². The third-order valence-corrected chi connectivity index (χ3v) is 4.69. The van der Waals surface area contributed by atoms with Gasteiger partial charge in [0, 0.05) is 20.1 Å². The first-order valence-corrected chi connectivity index (χ1v) is 8.43. The zero-order valence-corrected chi connectivity index (χ0v) is 15.2. The van der Waals surface area contributed by atoms with Crippen LogP contribution in [-0.4, -0.2) is 67.4 Å². The van der Waals surface area contributed by atoms with Crippen molar-refractivity contribution < 1.29 is 23.5 Å². The monoisotopic (exact) mass is 365 g/mol. The second kappa shape index (κ2) is 8.75. The van der Waals surface area contributed by atoms with Crippen molar-refractivity contribution in [3.8, 4) is 0 Å². The van der Waals surface area contributed by atoms with E-state index in [4.69, 9.17) is 0 Å². The number of piperazine rings is 1. The summed E-state index contributed by atoms with van der Waals surface area (Å²) in [6.45, 7) is 2.75. The Labute approximate surface area is 152 Å². The van der Waals surface area contributed by atoms with Crippen molar-refractivity contribution >= 4 is 17.8 Å². The Bertz CT molecular complexity index is 665. The predicted octanol–water partition coefficient (Wildman–Crippen LogP) is 0.709. The highest BCUT2D eigenvalue weighted by Gasteiger charge is 2.34. The van der Waals surface area contributed by atoms with Crippen molar-refractivity contribution in [2.45, 2.75) is 25.4 Å². The average Bonchev–Trinajstić information content (AvgIpc) is 2.63. The van der Waals surface area contributed by atoms with Crippen molar-refractivity contribution in [2.75, 3.05) is 33.8 Å². The molecule has 1 heterocycles. The maximum absolute atomic E-state index is 13.1. The smallest absolute Gasteiger partial charge is 0.307 e. The predicted molar refractivity (Wildman–Crippen MR) is 92.6 cm³/mol. The number of hydrogen-bond donors (Lipinski definition) is 1. The highest BCUT2D eigenvalue weighted by atomic mass is 19.1. The third-order valence-electron chi connectivity index (χ3n) is 4.69. The molecule has 1 aliphatic heterocycles. The summed E-state index contributed by atoms with van der Waals surface area (Å²) in [6.07, 6.45) is -0.104. The lowest BCUT2D eigenvalue weighted by Gasteiger charge is -2.35. The van der Waals surface area contributed by atoms with E-state index >= 15 is 0 Å². The number of rotatable bonds is 6. The molecule has 0 radical (unpaired) electrons. The van der Waals surface area contributed by atoms with Gasteiger partial charge in [0.1, 0.15) is 11.9 Å². The molecule has 7 nitrogen and oxygen atoms in total. The number of methoxy groups -OCH3 is 1. The number of ether oxygens (including phenoxy) is 1. The topological polar surface area (TPSA) is 79.0 Å². The van der Waals surface area contributed by atoms with Crippen LogP contribution in [0.25, 0.3) is 0 Å². The Balaban J connectivity index is 2.04. The van der Waals surface area contributed by atoms with Gasteiger partial charge in [0.15, 0.2) is 0 Å². The van der Waals surface area contributed by atoms with E-state index in [0.717, 1.165) is 5.56 Å². The van der Waals surface area contributed by atoms with E-state index in [2.05, 4.69) is 10.1 Å².